The molecule has 1 aromatic carbocycles. The highest BCUT2D eigenvalue weighted by atomic mass is 35.5. The number of aliphatic carboxylic acids is 1. The molecule has 0 saturated heterocycles. The van der Waals surface area contributed by atoms with E-state index in [0.29, 0.717) is 40.6 Å². The van der Waals surface area contributed by atoms with Crippen LogP contribution in [0.4, 0.5) is 0 Å². The van der Waals surface area contributed by atoms with Gasteiger partial charge in [0.25, 0.3) is 0 Å². The van der Waals surface area contributed by atoms with Gasteiger partial charge in [0.15, 0.2) is 17.2 Å². The molecular formula is C16H15ClN4O5. The fourth-order valence-electron chi connectivity index (χ4n) is 2.28. The summed E-state index contributed by atoms with van der Waals surface area (Å²) in [4.78, 5) is 19.1. The van der Waals surface area contributed by atoms with Gasteiger partial charge < -0.3 is 19.3 Å². The van der Waals surface area contributed by atoms with E-state index in [2.05, 4.69) is 15.1 Å². The molecule has 0 bridgehead atoms. The van der Waals surface area contributed by atoms with Gasteiger partial charge in [0.1, 0.15) is 19.5 Å². The Morgan fingerprint density at radius 2 is 2.15 bits per heavy atom. The quantitative estimate of drug-likeness (QED) is 0.595. The number of carboxylic acid groups (broad SMARTS) is 1. The Bertz CT molecular complexity index is 930. The number of rotatable bonds is 8. The number of hydrogen-bond acceptors (Lipinski definition) is 7. The summed E-state index contributed by atoms with van der Waals surface area (Å²) in [7, 11) is 1.53. The second-order valence-electron chi connectivity index (χ2n) is 5.11. The fraction of sp³-hybridized carbons (Fsp3) is 0.250. The first-order chi connectivity index (χ1) is 12.6. The molecule has 0 aliphatic heterocycles. The summed E-state index contributed by atoms with van der Waals surface area (Å²) in [5, 5.41) is 13.3. The third-order valence-electron chi connectivity index (χ3n) is 3.34. The number of hydrogen-bond donors (Lipinski definition) is 1. The number of nitrogens with zero attached hydrogens (tertiary/aromatic N) is 4. The predicted molar refractivity (Wildman–Crippen MR) is 92.2 cm³/mol. The molecule has 0 amide bonds. The van der Waals surface area contributed by atoms with Crippen molar-refractivity contribution in [3.05, 3.63) is 30.9 Å². The third kappa shape index (κ3) is 3.94. The molecule has 1 N–H and O–H groups in total. The van der Waals surface area contributed by atoms with Crippen molar-refractivity contribution in [2.75, 3.05) is 19.6 Å². The summed E-state index contributed by atoms with van der Waals surface area (Å²) < 4.78 is 17.9. The molecule has 0 spiro atoms. The van der Waals surface area contributed by atoms with Crippen LogP contribution in [0.15, 0.2) is 30.9 Å². The standard InChI is InChI=1S/C16H15ClN4O5/c1-24-13-5-12-11(4-14(13)25-3-2-17)16(19-9-18-12)26-10-6-20-21(7-10)8-15(22)23/h4-7,9H,2-3,8H2,1H3,(H,22,23). The smallest absolute Gasteiger partial charge is 0.325 e. The summed E-state index contributed by atoms with van der Waals surface area (Å²) in [6, 6.07) is 3.42. The van der Waals surface area contributed by atoms with Gasteiger partial charge in [0.2, 0.25) is 5.88 Å². The number of alkyl halides is 1. The zero-order valence-corrected chi connectivity index (χ0v) is 14.5. The van der Waals surface area contributed by atoms with Crippen molar-refractivity contribution in [1.29, 1.82) is 0 Å². The molecule has 10 heteroatoms. The number of fused-ring (bicyclic) bond motifs is 1. The monoisotopic (exact) mass is 378 g/mol. The molecule has 9 nitrogen and oxygen atoms in total. The molecule has 0 saturated carbocycles. The fourth-order valence-corrected chi connectivity index (χ4v) is 2.35. The SMILES string of the molecule is COc1cc2ncnc(Oc3cnn(CC(=O)O)c3)c2cc1OCCCl. The van der Waals surface area contributed by atoms with Crippen LogP contribution in [0.1, 0.15) is 0 Å². The minimum Gasteiger partial charge on any atom is -0.493 e. The predicted octanol–water partition coefficient (Wildman–Crippen LogP) is 2.33. The van der Waals surface area contributed by atoms with Crippen molar-refractivity contribution in [2.45, 2.75) is 6.54 Å². The maximum absolute atomic E-state index is 10.7. The van der Waals surface area contributed by atoms with Crippen molar-refractivity contribution >= 4 is 28.5 Å². The maximum Gasteiger partial charge on any atom is 0.325 e. The topological polar surface area (TPSA) is 109 Å². The zero-order chi connectivity index (χ0) is 18.5. The largest absolute Gasteiger partial charge is 0.493 e. The van der Waals surface area contributed by atoms with Crippen LogP contribution in [-0.2, 0) is 11.3 Å². The second-order valence-corrected chi connectivity index (χ2v) is 5.48. The van der Waals surface area contributed by atoms with Gasteiger partial charge in [-0.1, -0.05) is 0 Å². The van der Waals surface area contributed by atoms with E-state index in [9.17, 15) is 4.79 Å². The zero-order valence-electron chi connectivity index (χ0n) is 13.8. The van der Waals surface area contributed by atoms with Gasteiger partial charge in [0.05, 0.1) is 36.3 Å². The summed E-state index contributed by atoms with van der Waals surface area (Å²) >= 11 is 5.68. The van der Waals surface area contributed by atoms with Crippen molar-refractivity contribution in [3.63, 3.8) is 0 Å². The Labute approximate surface area is 153 Å². The maximum atomic E-state index is 10.7. The van der Waals surface area contributed by atoms with Crippen LogP contribution < -0.4 is 14.2 Å². The lowest BCUT2D eigenvalue weighted by atomic mass is 10.2. The first-order valence-electron chi connectivity index (χ1n) is 7.54. The number of benzene rings is 1. The lowest BCUT2D eigenvalue weighted by molar-refractivity contribution is -0.137. The van der Waals surface area contributed by atoms with Crippen LogP contribution in [-0.4, -0.2) is 50.4 Å². The van der Waals surface area contributed by atoms with Gasteiger partial charge in [-0.2, -0.15) is 5.10 Å². The molecule has 3 rings (SSSR count). The third-order valence-corrected chi connectivity index (χ3v) is 3.49. The number of methoxy groups -OCH3 is 1. The number of carbonyl (C=O) groups is 1. The highest BCUT2D eigenvalue weighted by Gasteiger charge is 2.14. The van der Waals surface area contributed by atoms with E-state index < -0.39 is 5.97 Å². The van der Waals surface area contributed by atoms with Crippen molar-refractivity contribution in [1.82, 2.24) is 19.7 Å². The Kier molecular flexibility index (Phi) is 5.37. The molecule has 2 aromatic heterocycles. The highest BCUT2D eigenvalue weighted by molar-refractivity contribution is 6.18. The van der Waals surface area contributed by atoms with Gasteiger partial charge in [-0.25, -0.2) is 9.97 Å². The van der Waals surface area contributed by atoms with E-state index in [4.69, 9.17) is 30.9 Å². The first kappa shape index (κ1) is 17.7. The van der Waals surface area contributed by atoms with E-state index in [-0.39, 0.29) is 12.4 Å². The number of halogens is 1. The summed E-state index contributed by atoms with van der Waals surface area (Å²) in [6.45, 7) is 0.0523. The minimum absolute atomic E-state index is 0.262. The van der Waals surface area contributed by atoms with Gasteiger partial charge in [0, 0.05) is 6.07 Å². The Morgan fingerprint density at radius 3 is 2.88 bits per heavy atom. The van der Waals surface area contributed by atoms with Crippen LogP contribution in [0.2, 0.25) is 0 Å². The first-order valence-corrected chi connectivity index (χ1v) is 8.07. The van der Waals surface area contributed by atoms with Crippen molar-refractivity contribution in [3.8, 4) is 23.1 Å². The van der Waals surface area contributed by atoms with E-state index in [1.54, 1.807) is 12.1 Å². The highest BCUT2D eigenvalue weighted by Crippen LogP contribution is 2.35. The van der Waals surface area contributed by atoms with Gasteiger partial charge in [-0.05, 0) is 6.07 Å². The van der Waals surface area contributed by atoms with Gasteiger partial charge in [-0.3, -0.25) is 9.48 Å². The molecule has 0 aliphatic rings. The van der Waals surface area contributed by atoms with Crippen LogP contribution in [0, 0.1) is 0 Å². The second kappa shape index (κ2) is 7.87. The van der Waals surface area contributed by atoms with Crippen LogP contribution >= 0.6 is 11.6 Å². The molecule has 0 atom stereocenters. The molecule has 2 heterocycles. The van der Waals surface area contributed by atoms with E-state index >= 15 is 0 Å². The van der Waals surface area contributed by atoms with Crippen molar-refractivity contribution < 1.29 is 24.1 Å². The summed E-state index contributed by atoms with van der Waals surface area (Å²) in [6.07, 6.45) is 4.24. The molecule has 26 heavy (non-hydrogen) atoms. The minimum atomic E-state index is -1.000. The van der Waals surface area contributed by atoms with E-state index in [0.717, 1.165) is 0 Å². The van der Waals surface area contributed by atoms with Gasteiger partial charge >= 0.3 is 5.97 Å². The van der Waals surface area contributed by atoms with Crippen LogP contribution in [0.25, 0.3) is 10.9 Å². The molecular weight excluding hydrogens is 364 g/mol. The lowest BCUT2D eigenvalue weighted by Crippen LogP contribution is -2.08. The van der Waals surface area contributed by atoms with E-state index in [1.165, 1.54) is 30.5 Å². The average molecular weight is 379 g/mol. The number of ether oxygens (including phenoxy) is 3. The summed E-state index contributed by atoms with van der Waals surface area (Å²) in [5.74, 6) is 0.968. The Hall–Kier alpha value is -3.07. The molecule has 0 fully saturated rings. The lowest BCUT2D eigenvalue weighted by Gasteiger charge is -2.12. The molecule has 0 radical (unpaired) electrons. The van der Waals surface area contributed by atoms with Gasteiger partial charge in [-0.15, -0.1) is 11.6 Å². The van der Waals surface area contributed by atoms with E-state index in [1.807, 2.05) is 0 Å². The normalized spacial score (nSPS) is 10.7. The van der Waals surface area contributed by atoms with Crippen molar-refractivity contribution in [2.24, 2.45) is 0 Å². The average Bonchev–Trinajstić information content (AvgIpc) is 3.05. The Balaban J connectivity index is 1.94. The molecule has 0 aliphatic carbocycles. The molecule has 136 valence electrons. The summed E-state index contributed by atoms with van der Waals surface area (Å²) in [5.41, 5.74) is 0.600. The van der Waals surface area contributed by atoms with Crippen LogP contribution in [0.3, 0.4) is 0 Å². The molecule has 3 aromatic rings. The molecule has 0 unspecified atom stereocenters. The number of aromatic nitrogens is 4. The van der Waals surface area contributed by atoms with Crippen LogP contribution in [0.5, 0.6) is 23.1 Å². The number of carboxylic acids is 1. The Morgan fingerprint density at radius 1 is 1.31 bits per heavy atom.